The molecular formula is C13H16FNO4. The Hall–Kier alpha value is -1.98. The highest BCUT2D eigenvalue weighted by Gasteiger charge is 2.20. The predicted octanol–water partition coefficient (Wildman–Crippen LogP) is 2.22. The molecule has 0 aliphatic carbocycles. The first-order valence-corrected chi connectivity index (χ1v) is 6.02. The van der Waals surface area contributed by atoms with Crippen LogP contribution in [0, 0.1) is 0 Å². The Labute approximate surface area is 110 Å². The summed E-state index contributed by atoms with van der Waals surface area (Å²) in [5, 5.41) is 8.44. The molecule has 0 spiro atoms. The van der Waals surface area contributed by atoms with Gasteiger partial charge >= 0.3 is 11.9 Å². The van der Waals surface area contributed by atoms with Crippen LogP contribution in [0.15, 0.2) is 24.5 Å². The fraction of sp³-hybridized carbons (Fsp3) is 0.462. The Balaban J connectivity index is 2.48. The average Bonchev–Trinajstić information content (AvgIpc) is 2.43. The lowest BCUT2D eigenvalue weighted by atomic mass is 10.1. The first-order valence-electron chi connectivity index (χ1n) is 6.02. The van der Waals surface area contributed by atoms with Crippen LogP contribution >= 0.6 is 0 Å². The Morgan fingerprint density at radius 3 is 2.74 bits per heavy atom. The Morgan fingerprint density at radius 1 is 1.47 bits per heavy atom. The molecular weight excluding hydrogens is 253 g/mol. The van der Waals surface area contributed by atoms with E-state index in [-0.39, 0.29) is 12.8 Å². The number of carboxylic acids is 1. The number of carboxylic acid groups (broad SMARTS) is 1. The standard InChI is InChI=1S/C13H16FNO4/c1-2-10(5-6-11(14)12(16)17)19-13(18)9-4-3-7-15-8-9/h3-4,7-8,10-11H,2,5-6H2,1H3,(H,16,17). The van der Waals surface area contributed by atoms with E-state index in [2.05, 4.69) is 4.98 Å². The lowest BCUT2D eigenvalue weighted by molar-refractivity contribution is -0.143. The fourth-order valence-electron chi connectivity index (χ4n) is 1.50. The number of aromatic nitrogens is 1. The molecule has 6 heteroatoms. The zero-order valence-electron chi connectivity index (χ0n) is 10.6. The average molecular weight is 269 g/mol. The van der Waals surface area contributed by atoms with Crippen molar-refractivity contribution in [3.05, 3.63) is 30.1 Å². The van der Waals surface area contributed by atoms with Crippen molar-refractivity contribution >= 4 is 11.9 Å². The summed E-state index contributed by atoms with van der Waals surface area (Å²) in [7, 11) is 0. The largest absolute Gasteiger partial charge is 0.479 e. The third kappa shape index (κ3) is 5.03. The molecule has 0 amide bonds. The van der Waals surface area contributed by atoms with Gasteiger partial charge in [-0.3, -0.25) is 4.98 Å². The molecule has 0 aromatic carbocycles. The van der Waals surface area contributed by atoms with Crippen molar-refractivity contribution in [2.75, 3.05) is 0 Å². The van der Waals surface area contributed by atoms with Crippen LogP contribution < -0.4 is 0 Å². The lowest BCUT2D eigenvalue weighted by Crippen LogP contribution is -2.21. The molecule has 0 saturated carbocycles. The maximum absolute atomic E-state index is 12.9. The van der Waals surface area contributed by atoms with Crippen LogP contribution in [0.25, 0.3) is 0 Å². The maximum atomic E-state index is 12.9. The number of nitrogens with zero attached hydrogens (tertiary/aromatic N) is 1. The van der Waals surface area contributed by atoms with Crippen LogP contribution in [0.4, 0.5) is 4.39 Å². The summed E-state index contributed by atoms with van der Waals surface area (Å²) >= 11 is 0. The van der Waals surface area contributed by atoms with Crippen molar-refractivity contribution in [2.45, 2.75) is 38.5 Å². The van der Waals surface area contributed by atoms with Crippen LogP contribution in [-0.2, 0) is 9.53 Å². The van der Waals surface area contributed by atoms with E-state index >= 15 is 0 Å². The van der Waals surface area contributed by atoms with Gasteiger partial charge in [-0.25, -0.2) is 14.0 Å². The van der Waals surface area contributed by atoms with Gasteiger partial charge < -0.3 is 9.84 Å². The van der Waals surface area contributed by atoms with E-state index in [0.29, 0.717) is 12.0 Å². The minimum absolute atomic E-state index is 0.172. The van der Waals surface area contributed by atoms with Gasteiger partial charge in [-0.2, -0.15) is 0 Å². The molecule has 5 nitrogen and oxygen atoms in total. The van der Waals surface area contributed by atoms with E-state index in [9.17, 15) is 14.0 Å². The SMILES string of the molecule is CCC(CCC(F)C(=O)O)OC(=O)c1cccnc1. The zero-order valence-corrected chi connectivity index (χ0v) is 10.6. The van der Waals surface area contributed by atoms with Gasteiger partial charge in [-0.15, -0.1) is 0 Å². The van der Waals surface area contributed by atoms with E-state index in [0.717, 1.165) is 0 Å². The van der Waals surface area contributed by atoms with Crippen molar-refractivity contribution in [2.24, 2.45) is 0 Å². The zero-order chi connectivity index (χ0) is 14.3. The highest BCUT2D eigenvalue weighted by molar-refractivity contribution is 5.89. The third-order valence-corrected chi connectivity index (χ3v) is 2.64. The Morgan fingerprint density at radius 2 is 2.21 bits per heavy atom. The highest BCUT2D eigenvalue weighted by Crippen LogP contribution is 2.13. The van der Waals surface area contributed by atoms with Gasteiger partial charge in [0.1, 0.15) is 6.10 Å². The van der Waals surface area contributed by atoms with E-state index in [1.807, 2.05) is 0 Å². The summed E-state index contributed by atoms with van der Waals surface area (Å²) in [4.78, 5) is 25.9. The Kier molecular flexibility index (Phi) is 5.92. The number of carbonyl (C=O) groups is 2. The van der Waals surface area contributed by atoms with Crippen molar-refractivity contribution in [1.82, 2.24) is 4.98 Å². The van der Waals surface area contributed by atoms with Gasteiger partial charge in [0.15, 0.2) is 6.17 Å². The van der Waals surface area contributed by atoms with Crippen LogP contribution in [0.3, 0.4) is 0 Å². The molecule has 1 aromatic heterocycles. The topological polar surface area (TPSA) is 76.5 Å². The number of ether oxygens (including phenoxy) is 1. The molecule has 1 rings (SSSR count). The summed E-state index contributed by atoms with van der Waals surface area (Å²) in [6.45, 7) is 1.79. The highest BCUT2D eigenvalue weighted by atomic mass is 19.1. The number of rotatable bonds is 7. The molecule has 1 N–H and O–H groups in total. The number of alkyl halides is 1. The molecule has 1 heterocycles. The number of aliphatic carboxylic acids is 1. The first-order chi connectivity index (χ1) is 9.04. The Bertz CT molecular complexity index is 424. The number of halogens is 1. The summed E-state index contributed by atoms with van der Waals surface area (Å²) in [5.74, 6) is -2.03. The fourth-order valence-corrected chi connectivity index (χ4v) is 1.50. The molecule has 0 fully saturated rings. The summed E-state index contributed by atoms with van der Waals surface area (Å²) in [6.07, 6.45) is 0.998. The molecule has 0 aliphatic heterocycles. The van der Waals surface area contributed by atoms with Gasteiger partial charge in [0.05, 0.1) is 5.56 Å². The van der Waals surface area contributed by atoms with Crippen molar-refractivity contribution in [1.29, 1.82) is 0 Å². The van der Waals surface area contributed by atoms with Crippen molar-refractivity contribution in [3.8, 4) is 0 Å². The van der Waals surface area contributed by atoms with E-state index < -0.39 is 24.2 Å². The van der Waals surface area contributed by atoms with Gasteiger partial charge in [-0.05, 0) is 31.4 Å². The van der Waals surface area contributed by atoms with Crippen LogP contribution in [0.2, 0.25) is 0 Å². The lowest BCUT2D eigenvalue weighted by Gasteiger charge is -2.16. The van der Waals surface area contributed by atoms with Gasteiger partial charge in [0.2, 0.25) is 0 Å². The van der Waals surface area contributed by atoms with Gasteiger partial charge in [0.25, 0.3) is 0 Å². The number of hydrogen-bond acceptors (Lipinski definition) is 4. The summed E-state index contributed by atoms with van der Waals surface area (Å²) < 4.78 is 18.1. The third-order valence-electron chi connectivity index (χ3n) is 2.64. The smallest absolute Gasteiger partial charge is 0.339 e. The van der Waals surface area contributed by atoms with E-state index in [1.54, 1.807) is 19.1 Å². The van der Waals surface area contributed by atoms with E-state index in [4.69, 9.17) is 9.84 Å². The minimum atomic E-state index is -1.92. The van der Waals surface area contributed by atoms with Crippen molar-refractivity contribution < 1.29 is 23.8 Å². The second-order valence-corrected chi connectivity index (χ2v) is 4.06. The molecule has 1 aromatic rings. The maximum Gasteiger partial charge on any atom is 0.339 e. The molecule has 0 saturated heterocycles. The van der Waals surface area contributed by atoms with Gasteiger partial charge in [-0.1, -0.05) is 6.92 Å². The molecule has 2 atom stereocenters. The number of pyridine rings is 1. The number of esters is 1. The molecule has 104 valence electrons. The summed E-state index contributed by atoms with van der Waals surface area (Å²) in [5.41, 5.74) is 0.316. The predicted molar refractivity (Wildman–Crippen MR) is 65.5 cm³/mol. The normalized spacial score (nSPS) is 13.6. The molecule has 0 bridgehead atoms. The molecule has 0 aliphatic rings. The molecule has 2 unspecified atom stereocenters. The van der Waals surface area contributed by atoms with Gasteiger partial charge in [0, 0.05) is 12.4 Å². The molecule has 19 heavy (non-hydrogen) atoms. The van der Waals surface area contributed by atoms with Crippen molar-refractivity contribution in [3.63, 3.8) is 0 Å². The molecule has 0 radical (unpaired) electrons. The summed E-state index contributed by atoms with van der Waals surface area (Å²) in [6, 6.07) is 3.18. The quantitative estimate of drug-likeness (QED) is 0.768. The van der Waals surface area contributed by atoms with E-state index in [1.165, 1.54) is 12.4 Å². The van der Waals surface area contributed by atoms with Crippen LogP contribution in [0.5, 0.6) is 0 Å². The monoisotopic (exact) mass is 269 g/mol. The number of hydrogen-bond donors (Lipinski definition) is 1. The minimum Gasteiger partial charge on any atom is -0.479 e. The second kappa shape index (κ2) is 7.45. The first kappa shape index (κ1) is 15.1. The van der Waals surface area contributed by atoms with Crippen LogP contribution in [0.1, 0.15) is 36.5 Å². The number of carbonyl (C=O) groups excluding carboxylic acids is 1. The second-order valence-electron chi connectivity index (χ2n) is 4.06. The van der Waals surface area contributed by atoms with Crippen LogP contribution in [-0.4, -0.2) is 34.3 Å².